The van der Waals surface area contributed by atoms with E-state index in [0.717, 1.165) is 11.1 Å². The van der Waals surface area contributed by atoms with Crippen LogP contribution in [0, 0.1) is 12.1 Å². The second kappa shape index (κ2) is 7.79. The molecule has 0 fully saturated rings. The van der Waals surface area contributed by atoms with E-state index in [9.17, 15) is 0 Å². The van der Waals surface area contributed by atoms with Crippen molar-refractivity contribution >= 4 is 5.57 Å². The van der Waals surface area contributed by atoms with Crippen LogP contribution in [0.2, 0.25) is 0 Å². The molecule has 0 heterocycles. The summed E-state index contributed by atoms with van der Waals surface area (Å²) in [6.07, 6.45) is 3.07. The number of rotatable bonds is 1. The molecule has 0 saturated heterocycles. The summed E-state index contributed by atoms with van der Waals surface area (Å²) < 4.78 is 0. The minimum atomic E-state index is 0. The monoisotopic (exact) mass is 144 g/mol. The number of hydrogen-bond donors (Lipinski definition) is 0. The first-order valence-corrected chi connectivity index (χ1v) is 3.33. The van der Waals surface area contributed by atoms with Gasteiger partial charge in [0.1, 0.15) is 0 Å². The fourth-order valence-electron chi connectivity index (χ4n) is 0.761. The Bertz CT molecular complexity index is 227. The zero-order chi connectivity index (χ0) is 7.40. The molecule has 0 unspecified atom stereocenters. The summed E-state index contributed by atoms with van der Waals surface area (Å²) >= 11 is 0. The SMILES string of the molecule is C[C-]=C(C)c1[c-]cccc1.[Li+].[Li+]. The van der Waals surface area contributed by atoms with Crippen molar-refractivity contribution in [1.29, 1.82) is 0 Å². The molecule has 1 aromatic carbocycles. The molecule has 0 nitrogen and oxygen atoms in total. The number of allylic oxidation sites excluding steroid dienone is 2. The van der Waals surface area contributed by atoms with Gasteiger partial charge in [0.2, 0.25) is 0 Å². The molecule has 0 aliphatic carbocycles. The molecule has 52 valence electrons. The van der Waals surface area contributed by atoms with Crippen molar-refractivity contribution in [3.8, 4) is 0 Å². The van der Waals surface area contributed by atoms with Gasteiger partial charge in [-0.3, -0.25) is 0 Å². The van der Waals surface area contributed by atoms with E-state index in [2.05, 4.69) is 12.1 Å². The van der Waals surface area contributed by atoms with Crippen LogP contribution in [0.15, 0.2) is 24.3 Å². The van der Waals surface area contributed by atoms with Crippen molar-refractivity contribution in [2.75, 3.05) is 0 Å². The Morgan fingerprint density at radius 1 is 1.33 bits per heavy atom. The van der Waals surface area contributed by atoms with Crippen LogP contribution in [-0.4, -0.2) is 0 Å². The van der Waals surface area contributed by atoms with E-state index in [-0.39, 0.29) is 37.7 Å². The Morgan fingerprint density at radius 3 is 2.42 bits per heavy atom. The second-order valence-electron chi connectivity index (χ2n) is 2.15. The van der Waals surface area contributed by atoms with Crippen LogP contribution in [0.1, 0.15) is 19.4 Å². The summed E-state index contributed by atoms with van der Waals surface area (Å²) in [5.74, 6) is 0. The predicted octanol–water partition coefficient (Wildman–Crippen LogP) is -3.28. The molecule has 0 aliphatic heterocycles. The van der Waals surface area contributed by atoms with Crippen LogP contribution in [-0.2, 0) is 0 Å². The minimum Gasteiger partial charge on any atom is -0.327 e. The van der Waals surface area contributed by atoms with Gasteiger partial charge in [0.25, 0.3) is 0 Å². The van der Waals surface area contributed by atoms with Gasteiger partial charge in [-0.1, -0.05) is 0 Å². The summed E-state index contributed by atoms with van der Waals surface area (Å²) in [4.78, 5) is 0. The smallest absolute Gasteiger partial charge is 0.327 e. The maximum absolute atomic E-state index is 3.12. The third kappa shape index (κ3) is 4.25. The molecule has 0 saturated carbocycles. The molecule has 2 heteroatoms. The molecule has 0 N–H and O–H groups in total. The average molecular weight is 144 g/mol. The van der Waals surface area contributed by atoms with Crippen LogP contribution >= 0.6 is 0 Å². The standard InChI is InChI=1S/C10H10.2Li/c1-3-9(2)10-7-5-4-6-8-10;;/h4-7H,1-2H3;;/q-2;2*+1. The van der Waals surface area contributed by atoms with E-state index in [1.165, 1.54) is 0 Å². The van der Waals surface area contributed by atoms with Gasteiger partial charge in [-0.25, -0.2) is 12.1 Å². The summed E-state index contributed by atoms with van der Waals surface area (Å²) in [6, 6.07) is 11.0. The minimum absolute atomic E-state index is 0. The zero-order valence-corrected chi connectivity index (χ0v) is 8.31. The van der Waals surface area contributed by atoms with E-state index >= 15 is 0 Å². The molecule has 0 radical (unpaired) electrons. The Balaban J connectivity index is 0. The Hall–Kier alpha value is 0.155. The molecule has 0 aromatic heterocycles. The van der Waals surface area contributed by atoms with Gasteiger partial charge in [0, 0.05) is 0 Å². The van der Waals surface area contributed by atoms with Crippen molar-refractivity contribution in [3.05, 3.63) is 42.0 Å². The topological polar surface area (TPSA) is 0 Å². The summed E-state index contributed by atoms with van der Waals surface area (Å²) in [7, 11) is 0. The first-order valence-electron chi connectivity index (χ1n) is 3.33. The van der Waals surface area contributed by atoms with Crippen molar-refractivity contribution in [2.24, 2.45) is 0 Å². The molecule has 12 heavy (non-hydrogen) atoms. The summed E-state index contributed by atoms with van der Waals surface area (Å²) in [6.45, 7) is 3.95. The molecule has 0 atom stereocenters. The van der Waals surface area contributed by atoms with Crippen LogP contribution in [0.4, 0.5) is 0 Å². The third-order valence-electron chi connectivity index (χ3n) is 1.49. The van der Waals surface area contributed by atoms with E-state index in [0.29, 0.717) is 0 Å². The first-order chi connectivity index (χ1) is 4.84. The second-order valence-corrected chi connectivity index (χ2v) is 2.15. The molecule has 0 aliphatic rings. The fourth-order valence-corrected chi connectivity index (χ4v) is 0.761. The van der Waals surface area contributed by atoms with E-state index < -0.39 is 0 Å². The maximum atomic E-state index is 3.12. The average Bonchev–Trinajstić information content (AvgIpc) is 2.05. The van der Waals surface area contributed by atoms with Crippen LogP contribution in [0.3, 0.4) is 0 Å². The third-order valence-corrected chi connectivity index (χ3v) is 1.49. The van der Waals surface area contributed by atoms with Gasteiger partial charge in [-0.15, -0.1) is 19.9 Å². The van der Waals surface area contributed by atoms with Crippen LogP contribution in [0.25, 0.3) is 5.57 Å². The van der Waals surface area contributed by atoms with Gasteiger partial charge in [-0.05, 0) is 0 Å². The molecular weight excluding hydrogens is 134 g/mol. The Kier molecular flexibility index (Phi) is 9.52. The largest absolute Gasteiger partial charge is 1.00 e. The van der Waals surface area contributed by atoms with Gasteiger partial charge < -0.3 is 17.2 Å². The molecule has 0 spiro atoms. The maximum Gasteiger partial charge on any atom is 1.00 e. The fraction of sp³-hybridized carbons (Fsp3) is 0.200. The van der Waals surface area contributed by atoms with Gasteiger partial charge >= 0.3 is 37.7 Å². The molecular formula is C10H10Li2. The van der Waals surface area contributed by atoms with E-state index in [1.54, 1.807) is 0 Å². The van der Waals surface area contributed by atoms with Gasteiger partial charge in [0.15, 0.2) is 0 Å². The molecule has 1 rings (SSSR count). The molecule has 1 aromatic rings. The molecule has 0 amide bonds. The van der Waals surface area contributed by atoms with Gasteiger partial charge in [-0.2, -0.15) is 12.1 Å². The van der Waals surface area contributed by atoms with Crippen LogP contribution < -0.4 is 37.7 Å². The predicted molar refractivity (Wildman–Crippen MR) is 43.3 cm³/mol. The van der Waals surface area contributed by atoms with Crippen molar-refractivity contribution in [1.82, 2.24) is 0 Å². The zero-order valence-electron chi connectivity index (χ0n) is 8.31. The quantitative estimate of drug-likeness (QED) is 0.286. The first kappa shape index (κ1) is 14.7. The normalized spacial score (nSPS) is 9.67. The Morgan fingerprint density at radius 2 is 2.00 bits per heavy atom. The van der Waals surface area contributed by atoms with E-state index in [1.807, 2.05) is 38.1 Å². The van der Waals surface area contributed by atoms with Crippen molar-refractivity contribution in [3.63, 3.8) is 0 Å². The summed E-state index contributed by atoms with van der Waals surface area (Å²) in [5, 5.41) is 0. The number of hydrogen-bond acceptors (Lipinski definition) is 0. The Labute approximate surface area is 98.8 Å². The summed E-state index contributed by atoms with van der Waals surface area (Å²) in [5.41, 5.74) is 2.28. The van der Waals surface area contributed by atoms with Crippen molar-refractivity contribution < 1.29 is 37.7 Å². The van der Waals surface area contributed by atoms with Gasteiger partial charge in [0.05, 0.1) is 0 Å². The number of benzene rings is 1. The van der Waals surface area contributed by atoms with Crippen molar-refractivity contribution in [2.45, 2.75) is 13.8 Å². The van der Waals surface area contributed by atoms with E-state index in [4.69, 9.17) is 0 Å². The molecule has 0 bridgehead atoms. The van der Waals surface area contributed by atoms with Crippen LogP contribution in [0.5, 0.6) is 0 Å².